The third kappa shape index (κ3) is 5.15. The van der Waals surface area contributed by atoms with E-state index in [0.717, 1.165) is 5.56 Å². The standard InChI is InChI=1S/C11H15NO3/c13-10(7-12-8-11(14)15)6-9-4-2-1-3-5-9/h1-5,10,12-13H,6-8H2,(H,14,15). The summed E-state index contributed by atoms with van der Waals surface area (Å²) in [6, 6.07) is 9.60. The van der Waals surface area contributed by atoms with Crippen molar-refractivity contribution in [2.24, 2.45) is 0 Å². The second kappa shape index (κ2) is 6.16. The van der Waals surface area contributed by atoms with Crippen LogP contribution >= 0.6 is 0 Å². The molecule has 0 saturated heterocycles. The van der Waals surface area contributed by atoms with Crippen molar-refractivity contribution in [1.82, 2.24) is 5.32 Å². The lowest BCUT2D eigenvalue weighted by Gasteiger charge is -2.10. The molecule has 0 heterocycles. The summed E-state index contributed by atoms with van der Waals surface area (Å²) in [5.41, 5.74) is 1.04. The summed E-state index contributed by atoms with van der Waals surface area (Å²) >= 11 is 0. The Morgan fingerprint density at radius 1 is 1.33 bits per heavy atom. The number of nitrogens with one attached hydrogen (secondary N) is 1. The number of aliphatic hydroxyl groups is 1. The van der Waals surface area contributed by atoms with Crippen molar-refractivity contribution in [2.75, 3.05) is 13.1 Å². The van der Waals surface area contributed by atoms with Crippen LogP contribution in [0.5, 0.6) is 0 Å². The molecule has 1 rings (SSSR count). The quantitative estimate of drug-likeness (QED) is 0.628. The number of aliphatic hydroxyl groups excluding tert-OH is 1. The zero-order chi connectivity index (χ0) is 11.1. The fourth-order valence-corrected chi connectivity index (χ4v) is 1.30. The van der Waals surface area contributed by atoms with E-state index in [1.807, 2.05) is 30.3 Å². The molecule has 0 aliphatic rings. The number of hydrogen-bond donors (Lipinski definition) is 3. The lowest BCUT2D eigenvalue weighted by atomic mass is 10.1. The van der Waals surface area contributed by atoms with Gasteiger partial charge in [0.15, 0.2) is 0 Å². The molecular weight excluding hydrogens is 194 g/mol. The molecule has 3 N–H and O–H groups in total. The van der Waals surface area contributed by atoms with Crippen LogP contribution in [0.2, 0.25) is 0 Å². The van der Waals surface area contributed by atoms with E-state index in [1.165, 1.54) is 0 Å². The summed E-state index contributed by atoms with van der Waals surface area (Å²) in [6.07, 6.45) is -0.0141. The Kier molecular flexibility index (Phi) is 4.80. The zero-order valence-corrected chi connectivity index (χ0v) is 8.39. The van der Waals surface area contributed by atoms with E-state index in [0.29, 0.717) is 13.0 Å². The first-order valence-corrected chi connectivity index (χ1v) is 4.83. The van der Waals surface area contributed by atoms with Gasteiger partial charge in [-0.15, -0.1) is 0 Å². The first kappa shape index (κ1) is 11.7. The van der Waals surface area contributed by atoms with Crippen LogP contribution in [-0.4, -0.2) is 35.4 Å². The molecule has 0 saturated carbocycles. The molecule has 4 nitrogen and oxygen atoms in total. The zero-order valence-electron chi connectivity index (χ0n) is 8.39. The number of carbonyl (C=O) groups is 1. The van der Waals surface area contributed by atoms with E-state index in [9.17, 15) is 9.90 Å². The molecule has 4 heteroatoms. The van der Waals surface area contributed by atoms with Crippen molar-refractivity contribution in [3.05, 3.63) is 35.9 Å². The Balaban J connectivity index is 2.24. The number of carboxylic acid groups (broad SMARTS) is 1. The maximum absolute atomic E-state index is 10.2. The Labute approximate surface area is 88.6 Å². The first-order chi connectivity index (χ1) is 7.18. The van der Waals surface area contributed by atoms with Gasteiger partial charge in [-0.1, -0.05) is 30.3 Å². The van der Waals surface area contributed by atoms with Gasteiger partial charge in [-0.25, -0.2) is 0 Å². The van der Waals surface area contributed by atoms with Crippen molar-refractivity contribution in [3.63, 3.8) is 0 Å². The van der Waals surface area contributed by atoms with Crippen LogP contribution in [0.15, 0.2) is 30.3 Å². The van der Waals surface area contributed by atoms with E-state index in [1.54, 1.807) is 0 Å². The van der Waals surface area contributed by atoms with Gasteiger partial charge in [-0.05, 0) is 12.0 Å². The van der Waals surface area contributed by atoms with Crippen molar-refractivity contribution in [1.29, 1.82) is 0 Å². The smallest absolute Gasteiger partial charge is 0.317 e. The van der Waals surface area contributed by atoms with Crippen LogP contribution in [-0.2, 0) is 11.2 Å². The van der Waals surface area contributed by atoms with Crippen molar-refractivity contribution >= 4 is 5.97 Å². The predicted molar refractivity (Wildman–Crippen MR) is 56.7 cm³/mol. The molecule has 82 valence electrons. The highest BCUT2D eigenvalue weighted by Crippen LogP contribution is 2.02. The van der Waals surface area contributed by atoms with E-state index >= 15 is 0 Å². The van der Waals surface area contributed by atoms with Gasteiger partial charge in [0.2, 0.25) is 0 Å². The molecule has 1 aromatic rings. The Bertz CT molecular complexity index is 300. The molecule has 1 unspecified atom stereocenters. The second-order valence-electron chi connectivity index (χ2n) is 3.37. The van der Waals surface area contributed by atoms with Gasteiger partial charge in [0, 0.05) is 6.54 Å². The molecular formula is C11H15NO3. The molecule has 0 fully saturated rings. The SMILES string of the molecule is O=C(O)CNCC(O)Cc1ccccc1. The van der Waals surface area contributed by atoms with Crippen LogP contribution in [0.1, 0.15) is 5.56 Å². The number of rotatable bonds is 6. The van der Waals surface area contributed by atoms with Gasteiger partial charge < -0.3 is 15.5 Å². The van der Waals surface area contributed by atoms with E-state index in [4.69, 9.17) is 5.11 Å². The molecule has 0 bridgehead atoms. The summed E-state index contributed by atoms with van der Waals surface area (Å²) in [5.74, 6) is -0.915. The minimum absolute atomic E-state index is 0.119. The van der Waals surface area contributed by atoms with Crippen LogP contribution in [0, 0.1) is 0 Å². The highest BCUT2D eigenvalue weighted by molar-refractivity contribution is 5.68. The van der Waals surface area contributed by atoms with Gasteiger partial charge in [0.25, 0.3) is 0 Å². The second-order valence-corrected chi connectivity index (χ2v) is 3.37. The summed E-state index contributed by atoms with van der Waals surface area (Å²) in [7, 11) is 0. The minimum Gasteiger partial charge on any atom is -0.480 e. The van der Waals surface area contributed by atoms with Crippen LogP contribution < -0.4 is 5.32 Å². The van der Waals surface area contributed by atoms with Gasteiger partial charge >= 0.3 is 5.97 Å². The Hall–Kier alpha value is -1.39. The third-order valence-corrected chi connectivity index (χ3v) is 1.97. The average Bonchev–Trinajstić information content (AvgIpc) is 2.18. The molecule has 0 aliphatic carbocycles. The number of hydrogen-bond acceptors (Lipinski definition) is 3. The highest BCUT2D eigenvalue weighted by Gasteiger charge is 2.05. The van der Waals surface area contributed by atoms with Gasteiger partial charge in [-0.2, -0.15) is 0 Å². The van der Waals surface area contributed by atoms with Gasteiger partial charge in [-0.3, -0.25) is 4.79 Å². The molecule has 0 aromatic heterocycles. The number of aliphatic carboxylic acids is 1. The van der Waals surface area contributed by atoms with Gasteiger partial charge in [0.1, 0.15) is 0 Å². The summed E-state index contributed by atoms with van der Waals surface area (Å²) in [4.78, 5) is 10.2. The predicted octanol–water partition coefficient (Wildman–Crippen LogP) is 0.264. The van der Waals surface area contributed by atoms with E-state index < -0.39 is 12.1 Å². The molecule has 1 atom stereocenters. The van der Waals surface area contributed by atoms with Crippen molar-refractivity contribution in [2.45, 2.75) is 12.5 Å². The maximum atomic E-state index is 10.2. The molecule has 15 heavy (non-hydrogen) atoms. The van der Waals surface area contributed by atoms with Gasteiger partial charge in [0.05, 0.1) is 12.6 Å². The topological polar surface area (TPSA) is 69.6 Å². The third-order valence-electron chi connectivity index (χ3n) is 1.97. The molecule has 0 amide bonds. The number of carboxylic acids is 1. The monoisotopic (exact) mass is 209 g/mol. The molecule has 0 aliphatic heterocycles. The Morgan fingerprint density at radius 2 is 2.00 bits per heavy atom. The molecule has 0 radical (unpaired) electrons. The van der Waals surface area contributed by atoms with E-state index in [2.05, 4.69) is 5.32 Å². The fraction of sp³-hybridized carbons (Fsp3) is 0.364. The lowest BCUT2D eigenvalue weighted by Crippen LogP contribution is -2.32. The largest absolute Gasteiger partial charge is 0.480 e. The Morgan fingerprint density at radius 3 is 2.60 bits per heavy atom. The summed E-state index contributed by atoms with van der Waals surface area (Å²) < 4.78 is 0. The lowest BCUT2D eigenvalue weighted by molar-refractivity contribution is -0.136. The summed E-state index contributed by atoms with van der Waals surface area (Å²) in [6.45, 7) is 0.174. The normalized spacial score (nSPS) is 12.3. The molecule has 1 aromatic carbocycles. The maximum Gasteiger partial charge on any atom is 0.317 e. The van der Waals surface area contributed by atoms with Crippen LogP contribution in [0.3, 0.4) is 0 Å². The molecule has 0 spiro atoms. The van der Waals surface area contributed by atoms with Crippen LogP contribution in [0.25, 0.3) is 0 Å². The summed E-state index contributed by atoms with van der Waals surface area (Å²) in [5, 5.41) is 20.6. The fourth-order valence-electron chi connectivity index (χ4n) is 1.30. The highest BCUT2D eigenvalue weighted by atomic mass is 16.4. The van der Waals surface area contributed by atoms with Crippen molar-refractivity contribution < 1.29 is 15.0 Å². The van der Waals surface area contributed by atoms with Crippen molar-refractivity contribution in [3.8, 4) is 0 Å². The van der Waals surface area contributed by atoms with E-state index in [-0.39, 0.29) is 6.54 Å². The minimum atomic E-state index is -0.915. The van der Waals surface area contributed by atoms with Crippen LogP contribution in [0.4, 0.5) is 0 Å². The number of benzene rings is 1. The first-order valence-electron chi connectivity index (χ1n) is 4.83. The average molecular weight is 209 g/mol.